The molecule has 0 heterocycles. The molecule has 0 spiro atoms. The molecule has 1 N–H and O–H groups in total. The minimum Gasteiger partial charge on any atom is -0.383 e. The normalized spacial score (nSPS) is 22.1. The zero-order chi connectivity index (χ0) is 12.1. The SMILES string of the molecule is COCCNCC1CC1c1ccccc1C#N. The summed E-state index contributed by atoms with van der Waals surface area (Å²) in [7, 11) is 1.71. The number of nitriles is 1. The van der Waals surface area contributed by atoms with Crippen LogP contribution in [0.2, 0.25) is 0 Å². The molecule has 2 atom stereocenters. The van der Waals surface area contributed by atoms with Crippen molar-refractivity contribution < 1.29 is 4.74 Å². The Labute approximate surface area is 102 Å². The van der Waals surface area contributed by atoms with Crippen molar-refractivity contribution in [3.8, 4) is 6.07 Å². The van der Waals surface area contributed by atoms with E-state index in [1.165, 1.54) is 12.0 Å². The summed E-state index contributed by atoms with van der Waals surface area (Å²) < 4.78 is 4.99. The van der Waals surface area contributed by atoms with E-state index in [1.807, 2.05) is 18.2 Å². The van der Waals surface area contributed by atoms with Gasteiger partial charge in [-0.3, -0.25) is 0 Å². The minimum absolute atomic E-state index is 0.570. The standard InChI is InChI=1S/C14H18N2O/c1-17-7-6-16-10-12-8-14(12)13-5-3-2-4-11(13)9-15/h2-5,12,14,16H,6-8,10H2,1H3. The summed E-state index contributed by atoms with van der Waals surface area (Å²) in [6.07, 6.45) is 1.19. The number of ether oxygens (including phenoxy) is 1. The van der Waals surface area contributed by atoms with Crippen LogP contribution < -0.4 is 5.32 Å². The number of hydrogen-bond donors (Lipinski definition) is 1. The average Bonchev–Trinajstić information content (AvgIpc) is 3.14. The van der Waals surface area contributed by atoms with E-state index >= 15 is 0 Å². The number of methoxy groups -OCH3 is 1. The Morgan fingerprint density at radius 2 is 2.29 bits per heavy atom. The first kappa shape index (κ1) is 12.1. The zero-order valence-electron chi connectivity index (χ0n) is 10.1. The molecule has 3 nitrogen and oxygen atoms in total. The second kappa shape index (κ2) is 5.81. The quantitative estimate of drug-likeness (QED) is 0.759. The molecule has 0 radical (unpaired) electrons. The Balaban J connectivity index is 1.84. The Morgan fingerprint density at radius 1 is 1.47 bits per heavy atom. The number of benzene rings is 1. The van der Waals surface area contributed by atoms with E-state index < -0.39 is 0 Å². The number of nitrogens with zero attached hydrogens (tertiary/aromatic N) is 1. The van der Waals surface area contributed by atoms with E-state index in [-0.39, 0.29) is 0 Å². The molecule has 1 aromatic carbocycles. The number of nitrogens with one attached hydrogen (secondary N) is 1. The molecular formula is C14H18N2O. The predicted octanol–water partition coefficient (Wildman–Crippen LogP) is 1.90. The molecule has 1 aliphatic carbocycles. The van der Waals surface area contributed by atoms with Crippen LogP contribution in [0.4, 0.5) is 0 Å². The molecule has 3 heteroatoms. The van der Waals surface area contributed by atoms with E-state index in [4.69, 9.17) is 10.00 Å². The van der Waals surface area contributed by atoms with Crippen LogP contribution in [0, 0.1) is 17.2 Å². The highest BCUT2D eigenvalue weighted by atomic mass is 16.5. The van der Waals surface area contributed by atoms with Crippen molar-refractivity contribution in [2.24, 2.45) is 5.92 Å². The Hall–Kier alpha value is -1.37. The van der Waals surface area contributed by atoms with Gasteiger partial charge in [-0.2, -0.15) is 5.26 Å². The van der Waals surface area contributed by atoms with Crippen molar-refractivity contribution in [3.05, 3.63) is 35.4 Å². The third kappa shape index (κ3) is 3.06. The summed E-state index contributed by atoms with van der Waals surface area (Å²) >= 11 is 0. The molecule has 17 heavy (non-hydrogen) atoms. The lowest BCUT2D eigenvalue weighted by atomic mass is 10.0. The number of hydrogen-bond acceptors (Lipinski definition) is 3. The van der Waals surface area contributed by atoms with Crippen molar-refractivity contribution in [1.82, 2.24) is 5.32 Å². The summed E-state index contributed by atoms with van der Waals surface area (Å²) in [5, 5.41) is 12.4. The summed E-state index contributed by atoms with van der Waals surface area (Å²) in [5.41, 5.74) is 2.05. The molecule has 90 valence electrons. The van der Waals surface area contributed by atoms with Gasteiger partial charge in [0.05, 0.1) is 18.2 Å². The van der Waals surface area contributed by atoms with Gasteiger partial charge in [-0.25, -0.2) is 0 Å². The summed E-state index contributed by atoms with van der Waals surface area (Å²) in [5.74, 6) is 1.25. The first-order valence-corrected chi connectivity index (χ1v) is 6.05. The molecule has 1 aromatic rings. The van der Waals surface area contributed by atoms with Crippen LogP contribution in [0.3, 0.4) is 0 Å². The second-order valence-electron chi connectivity index (χ2n) is 4.50. The largest absolute Gasteiger partial charge is 0.383 e. The molecule has 1 saturated carbocycles. The maximum atomic E-state index is 9.05. The minimum atomic E-state index is 0.570. The fourth-order valence-corrected chi connectivity index (χ4v) is 2.24. The van der Waals surface area contributed by atoms with Crippen LogP contribution in [-0.2, 0) is 4.74 Å². The van der Waals surface area contributed by atoms with Gasteiger partial charge < -0.3 is 10.1 Å². The van der Waals surface area contributed by atoms with Gasteiger partial charge in [-0.1, -0.05) is 18.2 Å². The van der Waals surface area contributed by atoms with E-state index in [0.29, 0.717) is 11.8 Å². The first-order chi connectivity index (χ1) is 8.36. The van der Waals surface area contributed by atoms with Gasteiger partial charge in [0.1, 0.15) is 0 Å². The van der Waals surface area contributed by atoms with Gasteiger partial charge in [0, 0.05) is 13.7 Å². The first-order valence-electron chi connectivity index (χ1n) is 6.05. The lowest BCUT2D eigenvalue weighted by Crippen LogP contribution is -2.21. The molecule has 0 aliphatic heterocycles. The zero-order valence-corrected chi connectivity index (χ0v) is 10.1. The van der Waals surface area contributed by atoms with Gasteiger partial charge in [0.2, 0.25) is 0 Å². The molecule has 0 saturated heterocycles. The Kier molecular flexibility index (Phi) is 4.13. The molecule has 1 fully saturated rings. The predicted molar refractivity (Wildman–Crippen MR) is 66.8 cm³/mol. The highest BCUT2D eigenvalue weighted by molar-refractivity contribution is 5.42. The summed E-state index contributed by atoms with van der Waals surface area (Å²) in [4.78, 5) is 0. The van der Waals surface area contributed by atoms with Crippen LogP contribution in [0.5, 0.6) is 0 Å². The smallest absolute Gasteiger partial charge is 0.0994 e. The lowest BCUT2D eigenvalue weighted by Gasteiger charge is -2.04. The highest BCUT2D eigenvalue weighted by Gasteiger charge is 2.38. The third-order valence-electron chi connectivity index (χ3n) is 3.29. The molecule has 2 rings (SSSR count). The Morgan fingerprint density at radius 3 is 3.06 bits per heavy atom. The van der Waals surface area contributed by atoms with E-state index in [9.17, 15) is 0 Å². The maximum Gasteiger partial charge on any atom is 0.0994 e. The van der Waals surface area contributed by atoms with E-state index in [2.05, 4.69) is 17.5 Å². The Bertz CT molecular complexity index is 411. The van der Waals surface area contributed by atoms with Gasteiger partial charge in [0.25, 0.3) is 0 Å². The summed E-state index contributed by atoms with van der Waals surface area (Å²) in [6, 6.07) is 10.2. The molecule has 0 aromatic heterocycles. The van der Waals surface area contributed by atoms with Crippen LogP contribution in [0.1, 0.15) is 23.5 Å². The molecular weight excluding hydrogens is 212 g/mol. The van der Waals surface area contributed by atoms with Gasteiger partial charge in [-0.05, 0) is 36.4 Å². The monoisotopic (exact) mass is 230 g/mol. The molecule has 2 unspecified atom stereocenters. The van der Waals surface area contributed by atoms with E-state index in [1.54, 1.807) is 7.11 Å². The summed E-state index contributed by atoms with van der Waals surface area (Å²) in [6.45, 7) is 2.68. The van der Waals surface area contributed by atoms with Crippen molar-refractivity contribution in [3.63, 3.8) is 0 Å². The van der Waals surface area contributed by atoms with Crippen molar-refractivity contribution in [2.75, 3.05) is 26.8 Å². The molecule has 1 aliphatic rings. The molecule has 0 bridgehead atoms. The van der Waals surface area contributed by atoms with E-state index in [0.717, 1.165) is 25.3 Å². The fourth-order valence-electron chi connectivity index (χ4n) is 2.24. The van der Waals surface area contributed by atoms with Crippen LogP contribution in [-0.4, -0.2) is 26.8 Å². The van der Waals surface area contributed by atoms with Crippen LogP contribution in [0.25, 0.3) is 0 Å². The van der Waals surface area contributed by atoms with Gasteiger partial charge in [-0.15, -0.1) is 0 Å². The highest BCUT2D eigenvalue weighted by Crippen LogP contribution is 2.47. The van der Waals surface area contributed by atoms with Gasteiger partial charge >= 0.3 is 0 Å². The van der Waals surface area contributed by atoms with Crippen molar-refractivity contribution in [1.29, 1.82) is 5.26 Å². The fraction of sp³-hybridized carbons (Fsp3) is 0.500. The lowest BCUT2D eigenvalue weighted by molar-refractivity contribution is 0.199. The van der Waals surface area contributed by atoms with Crippen molar-refractivity contribution in [2.45, 2.75) is 12.3 Å². The van der Waals surface area contributed by atoms with Crippen LogP contribution in [0.15, 0.2) is 24.3 Å². The third-order valence-corrected chi connectivity index (χ3v) is 3.29. The van der Waals surface area contributed by atoms with Gasteiger partial charge in [0.15, 0.2) is 0 Å². The molecule has 0 amide bonds. The topological polar surface area (TPSA) is 45.0 Å². The van der Waals surface area contributed by atoms with Crippen LogP contribution >= 0.6 is 0 Å². The maximum absolute atomic E-state index is 9.05. The second-order valence-corrected chi connectivity index (χ2v) is 4.50. The van der Waals surface area contributed by atoms with Crippen molar-refractivity contribution >= 4 is 0 Å². The number of rotatable bonds is 6. The average molecular weight is 230 g/mol.